The molecule has 2 aromatic heterocycles. The number of fused-ring (bicyclic) bond motifs is 1. The van der Waals surface area contributed by atoms with Crippen LogP contribution in [0.2, 0.25) is 0 Å². The van der Waals surface area contributed by atoms with Crippen LogP contribution in [0.3, 0.4) is 0 Å². The van der Waals surface area contributed by atoms with Crippen molar-refractivity contribution in [3.05, 3.63) is 82.7 Å². The number of nitrogens with one attached hydrogen (secondary N) is 1. The minimum atomic E-state index is -0.444. The predicted octanol–water partition coefficient (Wildman–Crippen LogP) is 4.41. The van der Waals surface area contributed by atoms with E-state index in [0.717, 1.165) is 5.56 Å². The maximum Gasteiger partial charge on any atom is 0.311 e. The molecule has 4 rings (SSSR count). The van der Waals surface area contributed by atoms with Crippen LogP contribution in [0.1, 0.15) is 5.69 Å². The quantitative estimate of drug-likeness (QED) is 0.425. The topological polar surface area (TPSA) is 94.1 Å². The molecule has 7 heteroatoms. The lowest BCUT2D eigenvalue weighted by molar-refractivity contribution is -0.384. The van der Waals surface area contributed by atoms with E-state index >= 15 is 0 Å². The summed E-state index contributed by atoms with van der Waals surface area (Å²) in [6.45, 7) is 0.297. The zero-order chi connectivity index (χ0) is 17.9. The Hall–Kier alpha value is -3.74. The third kappa shape index (κ3) is 2.98. The first-order chi connectivity index (χ1) is 12.7. The summed E-state index contributed by atoms with van der Waals surface area (Å²) in [6, 6.07) is 18.7. The molecule has 1 N–H and O–H groups in total. The van der Waals surface area contributed by atoms with Gasteiger partial charge in [0.1, 0.15) is 17.6 Å². The van der Waals surface area contributed by atoms with Crippen LogP contribution in [-0.4, -0.2) is 15.1 Å². The van der Waals surface area contributed by atoms with Gasteiger partial charge in [-0.1, -0.05) is 53.7 Å². The van der Waals surface area contributed by atoms with E-state index in [2.05, 4.69) is 15.5 Å². The van der Waals surface area contributed by atoms with E-state index < -0.39 is 4.92 Å². The van der Waals surface area contributed by atoms with Crippen molar-refractivity contribution in [2.75, 3.05) is 5.32 Å². The molecule has 0 amide bonds. The Morgan fingerprint density at radius 3 is 2.65 bits per heavy atom. The molecule has 7 nitrogen and oxygen atoms in total. The Labute approximate surface area is 148 Å². The number of aromatic nitrogens is 2. The molecule has 0 aliphatic heterocycles. The van der Waals surface area contributed by atoms with Crippen LogP contribution in [0.5, 0.6) is 0 Å². The molecule has 0 saturated heterocycles. The first kappa shape index (κ1) is 15.8. The monoisotopic (exact) mass is 346 g/mol. The number of hydrogen-bond acceptors (Lipinski definition) is 6. The maximum absolute atomic E-state index is 11.4. The molecule has 2 aromatic carbocycles. The zero-order valence-corrected chi connectivity index (χ0v) is 13.6. The first-order valence-electron chi connectivity index (χ1n) is 7.99. The van der Waals surface area contributed by atoms with Crippen LogP contribution in [0, 0.1) is 10.1 Å². The molecule has 0 aliphatic rings. The fraction of sp³-hybridized carbons (Fsp3) is 0.0526. The molecule has 0 atom stereocenters. The summed E-state index contributed by atoms with van der Waals surface area (Å²) >= 11 is 0. The standard InChI is InChI=1S/C19H14N4O3/c24-23(25)17-12-20-16-9-5-4-8-15(16)19(17)21-11-14-10-18(26-22-14)13-6-2-1-3-7-13/h1-10,12H,11H2,(H,20,21). The van der Waals surface area contributed by atoms with Gasteiger partial charge in [0.2, 0.25) is 0 Å². The van der Waals surface area contributed by atoms with Gasteiger partial charge in [0.15, 0.2) is 5.76 Å². The van der Waals surface area contributed by atoms with Crippen molar-refractivity contribution >= 4 is 22.3 Å². The Morgan fingerprint density at radius 1 is 1.08 bits per heavy atom. The molecule has 0 unspecified atom stereocenters. The third-order valence-electron chi connectivity index (χ3n) is 4.02. The van der Waals surface area contributed by atoms with Gasteiger partial charge in [0.05, 0.1) is 17.0 Å². The predicted molar refractivity (Wildman–Crippen MR) is 97.7 cm³/mol. The summed E-state index contributed by atoms with van der Waals surface area (Å²) in [5.41, 5.74) is 2.61. The summed E-state index contributed by atoms with van der Waals surface area (Å²) in [5.74, 6) is 0.650. The van der Waals surface area contributed by atoms with Gasteiger partial charge in [-0.15, -0.1) is 0 Å². The van der Waals surface area contributed by atoms with Crippen molar-refractivity contribution < 1.29 is 9.45 Å². The van der Waals surface area contributed by atoms with Gasteiger partial charge in [-0.05, 0) is 6.07 Å². The van der Waals surface area contributed by atoms with Crippen LogP contribution in [0.25, 0.3) is 22.2 Å². The summed E-state index contributed by atoms with van der Waals surface area (Å²) in [4.78, 5) is 15.1. The second kappa shape index (κ2) is 6.64. The van der Waals surface area contributed by atoms with Crippen molar-refractivity contribution in [2.45, 2.75) is 6.54 Å². The number of benzene rings is 2. The molecular weight excluding hydrogens is 332 g/mol. The molecular formula is C19H14N4O3. The SMILES string of the molecule is O=[N+]([O-])c1cnc2ccccc2c1NCc1cc(-c2ccccc2)on1. The van der Waals surface area contributed by atoms with Crippen LogP contribution in [-0.2, 0) is 6.54 Å². The summed E-state index contributed by atoms with van der Waals surface area (Å²) in [7, 11) is 0. The minimum absolute atomic E-state index is 0.0736. The molecule has 0 bridgehead atoms. The lowest BCUT2D eigenvalue weighted by atomic mass is 10.1. The van der Waals surface area contributed by atoms with Gasteiger partial charge in [-0.25, -0.2) is 4.98 Å². The molecule has 128 valence electrons. The number of pyridine rings is 1. The summed E-state index contributed by atoms with van der Waals surface area (Å²) in [5, 5.41) is 19.2. The normalized spacial score (nSPS) is 10.8. The second-order valence-corrected chi connectivity index (χ2v) is 5.69. The zero-order valence-electron chi connectivity index (χ0n) is 13.6. The van der Waals surface area contributed by atoms with Crippen molar-refractivity contribution in [3.63, 3.8) is 0 Å². The number of nitrogens with zero attached hydrogens (tertiary/aromatic N) is 3. The molecule has 4 aromatic rings. The number of anilines is 1. The third-order valence-corrected chi connectivity index (χ3v) is 4.02. The van der Waals surface area contributed by atoms with E-state index in [1.165, 1.54) is 6.20 Å². The molecule has 0 radical (unpaired) electrons. The highest BCUT2D eigenvalue weighted by Gasteiger charge is 2.18. The highest BCUT2D eigenvalue weighted by Crippen LogP contribution is 2.32. The van der Waals surface area contributed by atoms with Crippen LogP contribution >= 0.6 is 0 Å². The van der Waals surface area contributed by atoms with Gasteiger partial charge in [-0.3, -0.25) is 10.1 Å². The Morgan fingerprint density at radius 2 is 1.85 bits per heavy atom. The van der Waals surface area contributed by atoms with Crippen molar-refractivity contribution in [1.29, 1.82) is 0 Å². The van der Waals surface area contributed by atoms with E-state index in [9.17, 15) is 10.1 Å². The summed E-state index contributed by atoms with van der Waals surface area (Å²) in [6.07, 6.45) is 1.27. The molecule has 26 heavy (non-hydrogen) atoms. The fourth-order valence-corrected chi connectivity index (χ4v) is 2.77. The Bertz CT molecular complexity index is 1080. The average molecular weight is 346 g/mol. The number of para-hydroxylation sites is 1. The van der Waals surface area contributed by atoms with E-state index in [1.54, 1.807) is 6.07 Å². The first-order valence-corrected chi connectivity index (χ1v) is 7.99. The fourth-order valence-electron chi connectivity index (χ4n) is 2.77. The second-order valence-electron chi connectivity index (χ2n) is 5.69. The van der Waals surface area contributed by atoms with Crippen molar-refractivity contribution in [3.8, 4) is 11.3 Å². The van der Waals surface area contributed by atoms with E-state index in [0.29, 0.717) is 34.6 Å². The highest BCUT2D eigenvalue weighted by atomic mass is 16.6. The number of hydrogen-bond donors (Lipinski definition) is 1. The van der Waals surface area contributed by atoms with Gasteiger partial charge < -0.3 is 9.84 Å². The van der Waals surface area contributed by atoms with Gasteiger partial charge in [0.25, 0.3) is 0 Å². The highest BCUT2D eigenvalue weighted by molar-refractivity contribution is 5.95. The average Bonchev–Trinajstić information content (AvgIpc) is 3.15. The summed E-state index contributed by atoms with van der Waals surface area (Å²) < 4.78 is 5.37. The van der Waals surface area contributed by atoms with Crippen molar-refractivity contribution in [2.24, 2.45) is 0 Å². The van der Waals surface area contributed by atoms with E-state index in [1.807, 2.05) is 54.6 Å². The lowest BCUT2D eigenvalue weighted by Crippen LogP contribution is -2.04. The smallest absolute Gasteiger partial charge is 0.311 e. The van der Waals surface area contributed by atoms with E-state index in [4.69, 9.17) is 4.52 Å². The molecule has 0 fully saturated rings. The van der Waals surface area contributed by atoms with Gasteiger partial charge in [0, 0.05) is 17.0 Å². The van der Waals surface area contributed by atoms with Crippen LogP contribution < -0.4 is 5.32 Å². The number of nitro groups is 1. The van der Waals surface area contributed by atoms with E-state index in [-0.39, 0.29) is 5.69 Å². The molecule has 0 aliphatic carbocycles. The maximum atomic E-state index is 11.4. The number of rotatable bonds is 5. The van der Waals surface area contributed by atoms with Gasteiger partial charge >= 0.3 is 5.69 Å². The van der Waals surface area contributed by atoms with Crippen molar-refractivity contribution in [1.82, 2.24) is 10.1 Å². The minimum Gasteiger partial charge on any atom is -0.373 e. The molecule has 0 spiro atoms. The lowest BCUT2D eigenvalue weighted by Gasteiger charge is -2.08. The molecule has 2 heterocycles. The van der Waals surface area contributed by atoms with Gasteiger partial charge in [-0.2, -0.15) is 0 Å². The van der Waals surface area contributed by atoms with Crippen LogP contribution in [0.15, 0.2) is 71.4 Å². The Balaban J connectivity index is 1.63. The Kier molecular flexibility index (Phi) is 4.03. The van der Waals surface area contributed by atoms with Crippen LogP contribution in [0.4, 0.5) is 11.4 Å². The molecule has 0 saturated carbocycles. The largest absolute Gasteiger partial charge is 0.373 e.